The van der Waals surface area contributed by atoms with E-state index in [2.05, 4.69) is 4.98 Å². The summed E-state index contributed by atoms with van der Waals surface area (Å²) in [5, 5.41) is 10.6. The molecule has 0 spiro atoms. The van der Waals surface area contributed by atoms with Crippen molar-refractivity contribution >= 4 is 11.7 Å². The van der Waals surface area contributed by atoms with Crippen LogP contribution in [-0.4, -0.2) is 39.4 Å². The zero-order valence-electron chi connectivity index (χ0n) is 11.9. The van der Waals surface area contributed by atoms with Crippen LogP contribution < -0.4 is 0 Å². The third-order valence-electron chi connectivity index (χ3n) is 3.12. The molecule has 110 valence electrons. The molecule has 1 aromatic heterocycles. The van der Waals surface area contributed by atoms with Gasteiger partial charge in [0.1, 0.15) is 6.20 Å². The summed E-state index contributed by atoms with van der Waals surface area (Å²) < 4.78 is 1.64. The van der Waals surface area contributed by atoms with E-state index in [9.17, 15) is 14.9 Å². The van der Waals surface area contributed by atoms with Gasteiger partial charge in [-0.25, -0.2) is 0 Å². The van der Waals surface area contributed by atoms with Gasteiger partial charge in [0.2, 0.25) is 12.2 Å². The zero-order chi connectivity index (χ0) is 15.4. The molecule has 0 saturated heterocycles. The van der Waals surface area contributed by atoms with Gasteiger partial charge in [-0.05, 0) is 21.0 Å². The van der Waals surface area contributed by atoms with E-state index in [4.69, 9.17) is 0 Å². The molecule has 1 amide bonds. The van der Waals surface area contributed by atoms with Gasteiger partial charge in [0.05, 0.1) is 13.0 Å². The Bertz CT molecular complexity index is 664. The third kappa shape index (κ3) is 3.65. The molecule has 0 radical (unpaired) electrons. The number of nitrogens with zero attached hydrogens (tertiary/aromatic N) is 4. The molecule has 7 heteroatoms. The molecule has 0 aliphatic rings. The lowest BCUT2D eigenvalue weighted by atomic mass is 10.0. The molecule has 0 atom stereocenters. The fourth-order valence-corrected chi connectivity index (χ4v) is 1.93. The fourth-order valence-electron chi connectivity index (χ4n) is 1.93. The quantitative estimate of drug-likeness (QED) is 0.616. The van der Waals surface area contributed by atoms with Crippen molar-refractivity contribution in [2.75, 3.05) is 14.1 Å². The summed E-state index contributed by atoms with van der Waals surface area (Å²) in [5.41, 5.74) is 1.85. The molecular weight excluding hydrogens is 272 g/mol. The second-order valence-electron chi connectivity index (χ2n) is 4.89. The Morgan fingerprint density at radius 3 is 2.57 bits per heavy atom. The maximum atomic E-state index is 11.8. The van der Waals surface area contributed by atoms with Gasteiger partial charge in [-0.3, -0.25) is 4.79 Å². The number of imidazole rings is 1. The third-order valence-corrected chi connectivity index (χ3v) is 3.12. The minimum absolute atomic E-state index is 0.0130. The lowest BCUT2D eigenvalue weighted by Gasteiger charge is -2.13. The first-order valence-corrected chi connectivity index (χ1v) is 6.40. The van der Waals surface area contributed by atoms with Gasteiger partial charge in [0.15, 0.2) is 0 Å². The highest BCUT2D eigenvalue weighted by Gasteiger charge is 2.13. The molecule has 0 aliphatic carbocycles. The van der Waals surface area contributed by atoms with Gasteiger partial charge < -0.3 is 19.6 Å². The number of hydrogen-bond donors (Lipinski definition) is 0. The van der Waals surface area contributed by atoms with Crippen LogP contribution in [0.3, 0.4) is 0 Å². The summed E-state index contributed by atoms with van der Waals surface area (Å²) in [5.74, 6) is -0.170. The monoisotopic (exact) mass is 288 g/mol. The number of hydrogen-bond acceptors (Lipinski definition) is 4. The number of nitro groups is 1. The molecule has 7 nitrogen and oxygen atoms in total. The average Bonchev–Trinajstić information content (AvgIpc) is 2.89. The molecule has 1 aromatic carbocycles. The van der Waals surface area contributed by atoms with Crippen LogP contribution in [0.25, 0.3) is 0 Å². The Kier molecular flexibility index (Phi) is 4.32. The first-order valence-electron chi connectivity index (χ1n) is 6.40. The molecular formula is C14H16N4O3. The van der Waals surface area contributed by atoms with Crippen molar-refractivity contribution in [2.45, 2.75) is 13.0 Å². The molecule has 0 fully saturated rings. The van der Waals surface area contributed by atoms with E-state index in [1.165, 1.54) is 12.5 Å². The van der Waals surface area contributed by atoms with E-state index in [1.54, 1.807) is 23.6 Å². The van der Waals surface area contributed by atoms with E-state index >= 15 is 0 Å². The second kappa shape index (κ2) is 6.17. The maximum Gasteiger partial charge on any atom is 0.381 e. The van der Waals surface area contributed by atoms with E-state index < -0.39 is 4.92 Å². The van der Waals surface area contributed by atoms with Crippen LogP contribution in [0.2, 0.25) is 0 Å². The van der Waals surface area contributed by atoms with Gasteiger partial charge >= 0.3 is 5.82 Å². The summed E-state index contributed by atoms with van der Waals surface area (Å²) in [7, 11) is 3.42. The zero-order valence-corrected chi connectivity index (χ0v) is 11.9. The molecule has 1 heterocycles. The van der Waals surface area contributed by atoms with Gasteiger partial charge in [-0.1, -0.05) is 24.3 Å². The SMILES string of the molecule is CN(C)C(=O)Cc1ccccc1Cn1cnc([N+](=O)[O-])c1. The van der Waals surface area contributed by atoms with E-state index in [0.717, 1.165) is 11.1 Å². The highest BCUT2D eigenvalue weighted by Crippen LogP contribution is 2.14. The number of carbonyl (C=O) groups excluding carboxylic acids is 1. The van der Waals surface area contributed by atoms with Crippen LogP contribution >= 0.6 is 0 Å². The van der Waals surface area contributed by atoms with Crippen molar-refractivity contribution in [1.29, 1.82) is 0 Å². The first-order chi connectivity index (χ1) is 9.97. The number of benzene rings is 1. The fraction of sp³-hybridized carbons (Fsp3) is 0.286. The molecule has 0 aliphatic heterocycles. The summed E-state index contributed by atoms with van der Waals surface area (Å²) >= 11 is 0. The predicted molar refractivity (Wildman–Crippen MR) is 76.8 cm³/mol. The topological polar surface area (TPSA) is 81.3 Å². The van der Waals surface area contributed by atoms with E-state index in [-0.39, 0.29) is 11.7 Å². The maximum absolute atomic E-state index is 11.8. The average molecular weight is 288 g/mol. The second-order valence-corrected chi connectivity index (χ2v) is 4.89. The minimum Gasteiger partial charge on any atom is -0.358 e. The van der Waals surface area contributed by atoms with Crippen molar-refractivity contribution in [2.24, 2.45) is 0 Å². The lowest BCUT2D eigenvalue weighted by molar-refractivity contribution is -0.389. The molecule has 0 N–H and O–H groups in total. The van der Waals surface area contributed by atoms with Crippen LogP contribution in [-0.2, 0) is 17.8 Å². The Balaban J connectivity index is 2.19. The summed E-state index contributed by atoms with van der Waals surface area (Å²) in [6.07, 6.45) is 3.10. The molecule has 2 rings (SSSR count). The van der Waals surface area contributed by atoms with Crippen LogP contribution in [0.15, 0.2) is 36.8 Å². The molecule has 0 bridgehead atoms. The molecule has 0 saturated carbocycles. The number of likely N-dealkylation sites (N-methyl/N-ethyl adjacent to an activating group) is 1. The molecule has 0 unspecified atom stereocenters. The molecule has 21 heavy (non-hydrogen) atoms. The first kappa shape index (κ1) is 14.7. The van der Waals surface area contributed by atoms with Gasteiger partial charge in [0, 0.05) is 14.1 Å². The number of rotatable bonds is 5. The van der Waals surface area contributed by atoms with Crippen LogP contribution in [0, 0.1) is 10.1 Å². The highest BCUT2D eigenvalue weighted by molar-refractivity contribution is 5.78. The van der Waals surface area contributed by atoms with Crippen molar-refractivity contribution in [3.63, 3.8) is 0 Å². The molecule has 2 aromatic rings. The summed E-state index contributed by atoms with van der Waals surface area (Å²) in [4.78, 5) is 27.2. The Morgan fingerprint density at radius 2 is 2.00 bits per heavy atom. The summed E-state index contributed by atoms with van der Waals surface area (Å²) in [6.45, 7) is 0.442. The Morgan fingerprint density at radius 1 is 1.33 bits per heavy atom. The number of aromatic nitrogens is 2. The number of amides is 1. The Hall–Kier alpha value is -2.70. The highest BCUT2D eigenvalue weighted by atomic mass is 16.6. The number of carbonyl (C=O) groups is 1. The normalized spacial score (nSPS) is 10.4. The van der Waals surface area contributed by atoms with Gasteiger partial charge in [-0.15, -0.1) is 0 Å². The lowest BCUT2D eigenvalue weighted by Crippen LogP contribution is -2.24. The van der Waals surface area contributed by atoms with Crippen molar-refractivity contribution in [3.05, 3.63) is 58.0 Å². The van der Waals surface area contributed by atoms with Crippen molar-refractivity contribution in [3.8, 4) is 0 Å². The standard InChI is InChI=1S/C14H16N4O3/c1-16(2)14(19)7-11-5-3-4-6-12(11)8-17-9-13(15-10-17)18(20)21/h3-6,9-10H,7-8H2,1-2H3. The van der Waals surface area contributed by atoms with Gasteiger partial charge in [-0.2, -0.15) is 0 Å². The van der Waals surface area contributed by atoms with Crippen LogP contribution in [0.1, 0.15) is 11.1 Å². The predicted octanol–water partition coefficient (Wildman–Crippen LogP) is 1.47. The summed E-state index contributed by atoms with van der Waals surface area (Å²) in [6, 6.07) is 7.55. The minimum atomic E-state index is -0.530. The van der Waals surface area contributed by atoms with E-state index in [0.29, 0.717) is 13.0 Å². The van der Waals surface area contributed by atoms with Crippen LogP contribution in [0.5, 0.6) is 0 Å². The smallest absolute Gasteiger partial charge is 0.358 e. The van der Waals surface area contributed by atoms with Crippen molar-refractivity contribution < 1.29 is 9.72 Å². The largest absolute Gasteiger partial charge is 0.381 e. The van der Waals surface area contributed by atoms with Crippen LogP contribution in [0.4, 0.5) is 5.82 Å². The van der Waals surface area contributed by atoms with Gasteiger partial charge in [0.25, 0.3) is 0 Å². The van der Waals surface area contributed by atoms with Crippen molar-refractivity contribution in [1.82, 2.24) is 14.5 Å². The Labute approximate surface area is 122 Å². The van der Waals surface area contributed by atoms with E-state index in [1.807, 2.05) is 24.3 Å².